The van der Waals surface area contributed by atoms with Crippen LogP contribution in [0.3, 0.4) is 0 Å². The molecule has 1 aliphatic heterocycles. The number of nitrogens with one attached hydrogen (secondary N) is 1. The minimum Gasteiger partial charge on any atom is -0.480 e. The van der Waals surface area contributed by atoms with E-state index in [1.165, 1.54) is 4.90 Å². The average molecular weight is 234 g/mol. The third-order valence-corrected chi connectivity index (χ3v) is 2.81. The molecule has 0 radical (unpaired) electrons. The molecule has 2 N–H and O–H groups in total. The minimum atomic E-state index is -0.979. The summed E-state index contributed by atoms with van der Waals surface area (Å²) in [5, 5.41) is 11.8. The molecule has 2 amide bonds. The molecule has 17 heavy (non-hydrogen) atoms. The van der Waals surface area contributed by atoms with Gasteiger partial charge in [-0.25, -0.2) is 9.59 Å². The summed E-state index contributed by atoms with van der Waals surface area (Å²) in [5.74, 6) is -0.979. The number of para-hydroxylation sites is 1. The molecular weight excluding hydrogens is 220 g/mol. The molecule has 1 heterocycles. The Morgan fingerprint density at radius 2 is 2.18 bits per heavy atom. The van der Waals surface area contributed by atoms with Crippen molar-refractivity contribution in [3.8, 4) is 0 Å². The highest BCUT2D eigenvalue weighted by Gasteiger charge is 2.37. The van der Waals surface area contributed by atoms with Gasteiger partial charge < -0.3 is 10.4 Å². The Kier molecular flexibility index (Phi) is 2.99. The van der Waals surface area contributed by atoms with Gasteiger partial charge in [0.05, 0.1) is 0 Å². The normalized spacial score (nSPS) is 17.7. The van der Waals surface area contributed by atoms with E-state index >= 15 is 0 Å². The van der Waals surface area contributed by atoms with Crippen molar-refractivity contribution in [2.45, 2.75) is 19.4 Å². The number of anilines is 1. The van der Waals surface area contributed by atoms with E-state index in [9.17, 15) is 9.59 Å². The van der Waals surface area contributed by atoms with Crippen molar-refractivity contribution in [1.29, 1.82) is 0 Å². The maximum Gasteiger partial charge on any atom is 0.327 e. The number of hydrogen-bond donors (Lipinski definition) is 2. The molecule has 90 valence electrons. The summed E-state index contributed by atoms with van der Waals surface area (Å²) in [6, 6.07) is 6.11. The second kappa shape index (κ2) is 4.45. The summed E-state index contributed by atoms with van der Waals surface area (Å²) in [7, 11) is 0. The Morgan fingerprint density at radius 1 is 1.47 bits per heavy atom. The van der Waals surface area contributed by atoms with Crippen molar-refractivity contribution < 1.29 is 14.7 Å². The molecule has 0 aliphatic carbocycles. The van der Waals surface area contributed by atoms with E-state index in [0.717, 1.165) is 5.56 Å². The van der Waals surface area contributed by atoms with Crippen LogP contribution in [0, 0.1) is 0 Å². The standard InChI is InChI=1S/C12H14N2O3/c1-2-13-12(17)14-9-6-4-3-5-8(9)7-10(14)11(15)16/h3-6,10H,2,7H2,1H3,(H,13,17)(H,15,16). The van der Waals surface area contributed by atoms with E-state index in [1.807, 2.05) is 12.1 Å². The van der Waals surface area contributed by atoms with Crippen LogP contribution in [-0.4, -0.2) is 29.7 Å². The number of nitrogens with zero attached hydrogens (tertiary/aromatic N) is 1. The van der Waals surface area contributed by atoms with Gasteiger partial charge in [-0.15, -0.1) is 0 Å². The van der Waals surface area contributed by atoms with Crippen LogP contribution in [0.25, 0.3) is 0 Å². The Bertz CT molecular complexity index is 459. The molecule has 0 saturated carbocycles. The van der Waals surface area contributed by atoms with Crippen LogP contribution in [0.5, 0.6) is 0 Å². The summed E-state index contributed by atoms with van der Waals surface area (Å²) in [6.45, 7) is 2.28. The first-order valence-electron chi connectivity index (χ1n) is 5.53. The van der Waals surface area contributed by atoms with Crippen molar-refractivity contribution >= 4 is 17.7 Å². The lowest BCUT2D eigenvalue weighted by atomic mass is 10.1. The molecule has 1 aromatic rings. The van der Waals surface area contributed by atoms with E-state index in [1.54, 1.807) is 19.1 Å². The van der Waals surface area contributed by atoms with Gasteiger partial charge in [-0.05, 0) is 18.6 Å². The largest absolute Gasteiger partial charge is 0.480 e. The smallest absolute Gasteiger partial charge is 0.327 e. The fourth-order valence-electron chi connectivity index (χ4n) is 2.07. The topological polar surface area (TPSA) is 69.6 Å². The molecule has 0 bridgehead atoms. The van der Waals surface area contributed by atoms with Crippen molar-refractivity contribution in [1.82, 2.24) is 5.32 Å². The zero-order chi connectivity index (χ0) is 12.4. The highest BCUT2D eigenvalue weighted by atomic mass is 16.4. The second-order valence-corrected chi connectivity index (χ2v) is 3.89. The van der Waals surface area contributed by atoms with E-state index in [-0.39, 0.29) is 6.03 Å². The fraction of sp³-hybridized carbons (Fsp3) is 0.333. The van der Waals surface area contributed by atoms with Crippen LogP contribution in [0.15, 0.2) is 24.3 Å². The molecular formula is C12H14N2O3. The van der Waals surface area contributed by atoms with E-state index in [2.05, 4.69) is 5.32 Å². The molecule has 1 unspecified atom stereocenters. The van der Waals surface area contributed by atoms with Crippen molar-refractivity contribution in [2.75, 3.05) is 11.4 Å². The van der Waals surface area contributed by atoms with Gasteiger partial charge in [0, 0.05) is 18.7 Å². The second-order valence-electron chi connectivity index (χ2n) is 3.89. The average Bonchev–Trinajstić information content (AvgIpc) is 2.68. The number of urea groups is 1. The third-order valence-electron chi connectivity index (χ3n) is 2.81. The molecule has 0 aromatic heterocycles. The maximum absolute atomic E-state index is 11.9. The number of carboxylic acids is 1. The minimum absolute atomic E-state index is 0.357. The van der Waals surface area contributed by atoms with Gasteiger partial charge in [0.2, 0.25) is 0 Å². The SMILES string of the molecule is CCNC(=O)N1c2ccccc2CC1C(=O)O. The predicted octanol–water partition coefficient (Wildman–Crippen LogP) is 1.23. The lowest BCUT2D eigenvalue weighted by molar-refractivity contribution is -0.138. The molecule has 0 fully saturated rings. The zero-order valence-electron chi connectivity index (χ0n) is 9.51. The van der Waals surface area contributed by atoms with Crippen LogP contribution >= 0.6 is 0 Å². The first-order chi connectivity index (χ1) is 8.15. The van der Waals surface area contributed by atoms with Crippen LogP contribution in [0.4, 0.5) is 10.5 Å². The lowest BCUT2D eigenvalue weighted by Gasteiger charge is -2.22. The number of fused-ring (bicyclic) bond motifs is 1. The molecule has 5 heteroatoms. The quantitative estimate of drug-likeness (QED) is 0.808. The van der Waals surface area contributed by atoms with E-state index < -0.39 is 12.0 Å². The monoisotopic (exact) mass is 234 g/mol. The number of hydrogen-bond acceptors (Lipinski definition) is 2. The predicted molar refractivity (Wildman–Crippen MR) is 63.1 cm³/mol. The molecule has 1 atom stereocenters. The van der Waals surface area contributed by atoms with Crippen LogP contribution in [-0.2, 0) is 11.2 Å². The van der Waals surface area contributed by atoms with Gasteiger partial charge in [0.15, 0.2) is 0 Å². The molecule has 5 nitrogen and oxygen atoms in total. The number of carboxylic acid groups (broad SMARTS) is 1. The van der Waals surface area contributed by atoms with Gasteiger partial charge in [-0.3, -0.25) is 4.90 Å². The summed E-state index contributed by atoms with van der Waals surface area (Å²) >= 11 is 0. The van der Waals surface area contributed by atoms with Crippen molar-refractivity contribution in [2.24, 2.45) is 0 Å². The number of carbonyl (C=O) groups excluding carboxylic acids is 1. The first kappa shape index (κ1) is 11.4. The number of carbonyl (C=O) groups is 2. The fourth-order valence-corrected chi connectivity index (χ4v) is 2.07. The van der Waals surface area contributed by atoms with Gasteiger partial charge in [0.1, 0.15) is 6.04 Å². The summed E-state index contributed by atoms with van der Waals surface area (Å²) in [6.07, 6.45) is 0.364. The van der Waals surface area contributed by atoms with Gasteiger partial charge in [-0.1, -0.05) is 18.2 Å². The summed E-state index contributed by atoms with van der Waals surface area (Å²) in [5.41, 5.74) is 1.58. The van der Waals surface area contributed by atoms with Gasteiger partial charge >= 0.3 is 12.0 Å². The number of rotatable bonds is 2. The molecule has 0 saturated heterocycles. The highest BCUT2D eigenvalue weighted by molar-refractivity contribution is 6.00. The first-order valence-corrected chi connectivity index (χ1v) is 5.53. The highest BCUT2D eigenvalue weighted by Crippen LogP contribution is 2.31. The summed E-state index contributed by atoms with van der Waals surface area (Å²) in [4.78, 5) is 24.4. The Morgan fingerprint density at radius 3 is 2.82 bits per heavy atom. The van der Waals surface area contributed by atoms with Gasteiger partial charge in [-0.2, -0.15) is 0 Å². The van der Waals surface area contributed by atoms with Gasteiger partial charge in [0.25, 0.3) is 0 Å². The zero-order valence-corrected chi connectivity index (χ0v) is 9.51. The number of aliphatic carboxylic acids is 1. The van der Waals surface area contributed by atoms with Crippen LogP contribution in [0.1, 0.15) is 12.5 Å². The molecule has 1 aromatic carbocycles. The Labute approximate surface area is 99.0 Å². The molecule has 0 spiro atoms. The van der Waals surface area contributed by atoms with Crippen LogP contribution in [0.2, 0.25) is 0 Å². The number of benzene rings is 1. The number of amides is 2. The third kappa shape index (κ3) is 1.95. The van der Waals surface area contributed by atoms with E-state index in [4.69, 9.17) is 5.11 Å². The maximum atomic E-state index is 11.9. The Hall–Kier alpha value is -2.04. The van der Waals surface area contributed by atoms with E-state index in [0.29, 0.717) is 18.7 Å². The van der Waals surface area contributed by atoms with Crippen LogP contribution < -0.4 is 10.2 Å². The lowest BCUT2D eigenvalue weighted by Crippen LogP contribution is -2.47. The molecule has 1 aliphatic rings. The molecule has 2 rings (SSSR count). The Balaban J connectivity index is 2.37. The summed E-state index contributed by atoms with van der Waals surface area (Å²) < 4.78 is 0. The van der Waals surface area contributed by atoms with Crippen molar-refractivity contribution in [3.63, 3.8) is 0 Å². The van der Waals surface area contributed by atoms with Crippen molar-refractivity contribution in [3.05, 3.63) is 29.8 Å².